The molecule has 1 atom stereocenters. The molecule has 112 valence electrons. The van der Waals surface area contributed by atoms with Gasteiger partial charge in [0, 0.05) is 30.9 Å². The number of nitrogens with zero attached hydrogens (tertiary/aromatic N) is 2. The predicted molar refractivity (Wildman–Crippen MR) is 84.0 cm³/mol. The minimum Gasteiger partial charge on any atom is -0.315 e. The molecule has 1 saturated heterocycles. The van der Waals surface area contributed by atoms with Gasteiger partial charge in [0.15, 0.2) is 0 Å². The number of hydrogen-bond donors (Lipinski definition) is 1. The topological polar surface area (TPSA) is 28.2 Å². The number of fused-ring (bicyclic) bond motifs is 1. The van der Waals surface area contributed by atoms with Gasteiger partial charge in [-0.2, -0.15) is 0 Å². The Morgan fingerprint density at radius 2 is 2.19 bits per heavy atom. The van der Waals surface area contributed by atoms with Gasteiger partial charge in [-0.1, -0.05) is 12.1 Å². The molecule has 0 saturated carbocycles. The smallest absolute Gasteiger partial charge is 0.106 e. The fourth-order valence-electron chi connectivity index (χ4n) is 2.97. The van der Waals surface area contributed by atoms with E-state index < -0.39 is 0 Å². The summed E-state index contributed by atoms with van der Waals surface area (Å²) in [4.78, 5) is 6.41. The van der Waals surface area contributed by atoms with Crippen molar-refractivity contribution in [1.82, 2.24) is 15.2 Å². The number of nitrogens with one attached hydrogen (secondary N) is 1. The molecule has 21 heavy (non-hydrogen) atoms. The molecule has 3 rings (SSSR count). The highest BCUT2D eigenvalue weighted by molar-refractivity contribution is 5.81. The molecule has 1 aliphatic rings. The van der Waals surface area contributed by atoms with Gasteiger partial charge in [-0.05, 0) is 49.0 Å². The van der Waals surface area contributed by atoms with Gasteiger partial charge >= 0.3 is 0 Å². The van der Waals surface area contributed by atoms with E-state index in [9.17, 15) is 4.39 Å². The average Bonchev–Trinajstić information content (AvgIpc) is 2.50. The van der Waals surface area contributed by atoms with Crippen molar-refractivity contribution in [1.29, 1.82) is 0 Å². The average molecular weight is 287 g/mol. The van der Waals surface area contributed by atoms with Gasteiger partial charge in [-0.3, -0.25) is 9.88 Å². The first-order valence-corrected chi connectivity index (χ1v) is 7.70. The zero-order chi connectivity index (χ0) is 14.5. The van der Waals surface area contributed by atoms with Crippen LogP contribution in [0.15, 0.2) is 36.7 Å². The van der Waals surface area contributed by atoms with E-state index in [1.165, 1.54) is 17.4 Å². The zero-order valence-electron chi connectivity index (χ0n) is 12.3. The normalized spacial score (nSPS) is 21.1. The van der Waals surface area contributed by atoms with Gasteiger partial charge in [0.2, 0.25) is 0 Å². The largest absolute Gasteiger partial charge is 0.315 e. The summed E-state index contributed by atoms with van der Waals surface area (Å²) in [6, 6.07) is 8.44. The molecule has 0 bridgehead atoms. The number of halogens is 1. The molecule has 1 aromatic heterocycles. The van der Waals surface area contributed by atoms with Crippen molar-refractivity contribution in [2.24, 2.45) is 0 Å². The molecule has 1 aliphatic heterocycles. The predicted octanol–water partition coefficient (Wildman–Crippen LogP) is 2.76. The quantitative estimate of drug-likeness (QED) is 0.941. The summed E-state index contributed by atoms with van der Waals surface area (Å²) in [6.45, 7) is 3.25. The van der Waals surface area contributed by atoms with Crippen LogP contribution in [-0.4, -0.2) is 42.2 Å². The third-order valence-corrected chi connectivity index (χ3v) is 4.21. The molecule has 0 unspecified atom stereocenters. The number of benzene rings is 1. The van der Waals surface area contributed by atoms with Crippen molar-refractivity contribution in [3.8, 4) is 0 Å². The van der Waals surface area contributed by atoms with Crippen LogP contribution in [0.2, 0.25) is 0 Å². The van der Waals surface area contributed by atoms with Crippen molar-refractivity contribution in [2.45, 2.75) is 25.4 Å². The Labute approximate surface area is 125 Å². The summed E-state index contributed by atoms with van der Waals surface area (Å²) in [7, 11) is 0. The fourth-order valence-corrected chi connectivity index (χ4v) is 2.97. The first-order valence-electron chi connectivity index (χ1n) is 7.70. The zero-order valence-corrected chi connectivity index (χ0v) is 12.3. The molecular weight excluding hydrogens is 265 g/mol. The summed E-state index contributed by atoms with van der Waals surface area (Å²) >= 11 is 0. The van der Waals surface area contributed by atoms with Gasteiger partial charge < -0.3 is 5.32 Å². The molecule has 1 aromatic carbocycles. The minimum atomic E-state index is -0.287. The molecule has 1 N–H and O–H groups in total. The van der Waals surface area contributed by atoms with Gasteiger partial charge in [0.05, 0.1) is 6.04 Å². The van der Waals surface area contributed by atoms with Crippen LogP contribution in [0.1, 0.15) is 18.4 Å². The van der Waals surface area contributed by atoms with E-state index in [1.54, 1.807) is 0 Å². The molecule has 0 aliphatic carbocycles. The number of aromatic nitrogens is 1. The highest BCUT2D eigenvalue weighted by Gasteiger charge is 2.19. The molecule has 0 amide bonds. The molecule has 2 aromatic rings. The highest BCUT2D eigenvalue weighted by atomic mass is 19.1. The maximum Gasteiger partial charge on any atom is 0.106 e. The fraction of sp³-hybridized carbons (Fsp3) is 0.471. The number of hydrogen-bond acceptors (Lipinski definition) is 3. The van der Waals surface area contributed by atoms with E-state index in [0.29, 0.717) is 0 Å². The number of alkyl halides is 1. The first kappa shape index (κ1) is 14.4. The minimum absolute atomic E-state index is 0.0153. The van der Waals surface area contributed by atoms with Gasteiger partial charge in [0.1, 0.15) is 6.67 Å². The van der Waals surface area contributed by atoms with Gasteiger partial charge in [-0.25, -0.2) is 4.39 Å². The van der Waals surface area contributed by atoms with Crippen LogP contribution in [0.25, 0.3) is 10.8 Å². The second-order valence-electron chi connectivity index (χ2n) is 5.75. The number of pyridine rings is 1. The molecule has 0 spiro atoms. The molecule has 1 fully saturated rings. The van der Waals surface area contributed by atoms with Crippen LogP contribution in [0, 0.1) is 0 Å². The van der Waals surface area contributed by atoms with E-state index in [1.807, 2.05) is 18.5 Å². The van der Waals surface area contributed by atoms with E-state index in [-0.39, 0.29) is 12.7 Å². The second-order valence-corrected chi connectivity index (χ2v) is 5.75. The third-order valence-electron chi connectivity index (χ3n) is 4.21. The van der Waals surface area contributed by atoms with E-state index in [2.05, 4.69) is 33.4 Å². The van der Waals surface area contributed by atoms with Crippen molar-refractivity contribution >= 4 is 10.8 Å². The van der Waals surface area contributed by atoms with Gasteiger partial charge in [0.25, 0.3) is 0 Å². The maximum atomic E-state index is 13.3. The van der Waals surface area contributed by atoms with Crippen LogP contribution in [-0.2, 0) is 6.54 Å². The lowest BCUT2D eigenvalue weighted by molar-refractivity contribution is 0.143. The molecule has 3 nitrogen and oxygen atoms in total. The summed E-state index contributed by atoms with van der Waals surface area (Å²) < 4.78 is 13.3. The van der Waals surface area contributed by atoms with Crippen LogP contribution in [0.3, 0.4) is 0 Å². The van der Waals surface area contributed by atoms with E-state index in [0.717, 1.165) is 38.0 Å². The lowest BCUT2D eigenvalue weighted by Crippen LogP contribution is -2.45. The monoisotopic (exact) mass is 287 g/mol. The van der Waals surface area contributed by atoms with Gasteiger partial charge in [-0.15, -0.1) is 0 Å². The molecular formula is C17H22FN3. The van der Waals surface area contributed by atoms with Crippen LogP contribution in [0.5, 0.6) is 0 Å². The summed E-state index contributed by atoms with van der Waals surface area (Å²) in [5.41, 5.74) is 1.24. The Balaban J connectivity index is 1.77. The highest BCUT2D eigenvalue weighted by Crippen LogP contribution is 2.18. The Morgan fingerprint density at radius 1 is 1.24 bits per heavy atom. The Kier molecular flexibility index (Phi) is 4.78. The molecule has 0 radical (unpaired) electrons. The van der Waals surface area contributed by atoms with Crippen LogP contribution in [0.4, 0.5) is 4.39 Å². The lowest BCUT2D eigenvalue weighted by Gasteiger charge is -2.32. The number of rotatable bonds is 3. The summed E-state index contributed by atoms with van der Waals surface area (Å²) in [5.74, 6) is 0. The van der Waals surface area contributed by atoms with Crippen LogP contribution < -0.4 is 5.32 Å². The Morgan fingerprint density at radius 3 is 3.10 bits per heavy atom. The second kappa shape index (κ2) is 6.96. The van der Waals surface area contributed by atoms with Crippen molar-refractivity contribution in [3.05, 3.63) is 42.2 Å². The maximum absolute atomic E-state index is 13.3. The molecule has 4 heteroatoms. The Bertz CT molecular complexity index is 587. The van der Waals surface area contributed by atoms with Crippen molar-refractivity contribution in [3.63, 3.8) is 0 Å². The van der Waals surface area contributed by atoms with Crippen molar-refractivity contribution < 1.29 is 4.39 Å². The summed E-state index contributed by atoms with van der Waals surface area (Å²) in [6.07, 6.45) is 5.99. The van der Waals surface area contributed by atoms with E-state index >= 15 is 0 Å². The molecule has 2 heterocycles. The lowest BCUT2D eigenvalue weighted by atomic mass is 10.1. The first-order chi connectivity index (χ1) is 10.4. The SMILES string of the molecule is FC[C@@H]1CNCCCCN1Cc1ccc2cnccc2c1. The Hall–Kier alpha value is -1.52. The standard InChI is InChI=1S/C17H22FN3/c18-10-17-12-19-6-1-2-8-21(17)13-14-3-4-16-11-20-7-5-15(16)9-14/h3-5,7,9,11,17,19H,1-2,6,8,10,12-13H2/t17-/m1/s1. The van der Waals surface area contributed by atoms with Crippen LogP contribution >= 0.6 is 0 Å². The third kappa shape index (κ3) is 3.57. The van der Waals surface area contributed by atoms with Crippen molar-refractivity contribution in [2.75, 3.05) is 26.3 Å². The van der Waals surface area contributed by atoms with E-state index in [4.69, 9.17) is 0 Å². The summed E-state index contributed by atoms with van der Waals surface area (Å²) in [5, 5.41) is 5.69.